The third-order valence-corrected chi connectivity index (χ3v) is 7.79. The second-order valence-electron chi connectivity index (χ2n) is 8.20. The summed E-state index contributed by atoms with van der Waals surface area (Å²) in [6.07, 6.45) is 7.09. The molecule has 1 unspecified atom stereocenters. The van der Waals surface area contributed by atoms with Crippen molar-refractivity contribution in [3.8, 4) is 0 Å². The third-order valence-electron chi connectivity index (χ3n) is 5.89. The van der Waals surface area contributed by atoms with E-state index in [0.29, 0.717) is 24.5 Å². The van der Waals surface area contributed by atoms with Crippen molar-refractivity contribution in [3.05, 3.63) is 83.7 Å². The summed E-state index contributed by atoms with van der Waals surface area (Å²) in [6.45, 7) is 0.981. The van der Waals surface area contributed by atoms with Crippen LogP contribution >= 0.6 is 0 Å². The summed E-state index contributed by atoms with van der Waals surface area (Å²) in [6, 6.07) is 11.3. The largest absolute Gasteiger partial charge is 0.338 e. The minimum Gasteiger partial charge on any atom is -0.338 e. The molecule has 1 fully saturated rings. The van der Waals surface area contributed by atoms with Gasteiger partial charge in [-0.15, -0.1) is 0 Å². The summed E-state index contributed by atoms with van der Waals surface area (Å²) in [5.41, 5.74) is 0.889. The van der Waals surface area contributed by atoms with Crippen molar-refractivity contribution >= 4 is 15.9 Å². The van der Waals surface area contributed by atoms with E-state index < -0.39 is 22.0 Å². The zero-order valence-electron chi connectivity index (χ0n) is 18.4. The zero-order chi connectivity index (χ0) is 23.4. The fourth-order valence-corrected chi connectivity index (χ4v) is 5.61. The monoisotopic (exact) mass is 470 g/mol. The molecule has 0 bridgehead atoms. The Balaban J connectivity index is 1.61. The van der Waals surface area contributed by atoms with Gasteiger partial charge in [0.25, 0.3) is 5.91 Å². The molecule has 2 heterocycles. The number of carbonyl (C=O) groups excluding carboxylic acids is 1. The van der Waals surface area contributed by atoms with Crippen molar-refractivity contribution in [2.45, 2.75) is 36.6 Å². The van der Waals surface area contributed by atoms with Gasteiger partial charge in [0.2, 0.25) is 10.0 Å². The minimum atomic E-state index is -3.68. The van der Waals surface area contributed by atoms with Crippen LogP contribution in [-0.4, -0.2) is 41.3 Å². The summed E-state index contributed by atoms with van der Waals surface area (Å²) in [4.78, 5) is 17.6. The zero-order valence-corrected chi connectivity index (χ0v) is 19.3. The molecule has 1 aliphatic heterocycles. The van der Waals surface area contributed by atoms with Crippen LogP contribution in [-0.2, 0) is 17.1 Å². The Morgan fingerprint density at radius 2 is 1.76 bits per heavy atom. The van der Waals surface area contributed by atoms with Gasteiger partial charge in [0.15, 0.2) is 0 Å². The Kier molecular flexibility index (Phi) is 6.90. The highest BCUT2D eigenvalue weighted by Crippen LogP contribution is 2.24. The van der Waals surface area contributed by atoms with Crippen molar-refractivity contribution in [1.29, 1.82) is 0 Å². The maximum atomic E-state index is 13.5. The van der Waals surface area contributed by atoms with Crippen LogP contribution in [0.1, 0.15) is 53.5 Å². The average Bonchev–Trinajstić information content (AvgIpc) is 3.06. The van der Waals surface area contributed by atoms with Crippen LogP contribution < -0.4 is 5.32 Å². The minimum absolute atomic E-state index is 0.104. The SMILES string of the molecule is Cn1ccnc1C(NC(=O)c1cccc(S(=O)(=O)N2CCCCCC2)c1)c1ccc(F)cc1. The van der Waals surface area contributed by atoms with Gasteiger partial charge in [0, 0.05) is 38.1 Å². The second kappa shape index (κ2) is 9.84. The van der Waals surface area contributed by atoms with Gasteiger partial charge in [-0.3, -0.25) is 4.79 Å². The number of halogens is 1. The Morgan fingerprint density at radius 3 is 2.39 bits per heavy atom. The molecule has 33 heavy (non-hydrogen) atoms. The molecule has 174 valence electrons. The van der Waals surface area contributed by atoms with Crippen LogP contribution in [0.25, 0.3) is 0 Å². The van der Waals surface area contributed by atoms with E-state index in [1.165, 1.54) is 28.6 Å². The van der Waals surface area contributed by atoms with Crippen molar-refractivity contribution in [1.82, 2.24) is 19.2 Å². The van der Waals surface area contributed by atoms with Crippen LogP contribution in [0.15, 0.2) is 65.8 Å². The van der Waals surface area contributed by atoms with Crippen LogP contribution in [0.4, 0.5) is 4.39 Å². The smallest absolute Gasteiger partial charge is 0.252 e. The molecule has 0 aliphatic carbocycles. The average molecular weight is 471 g/mol. The van der Waals surface area contributed by atoms with Crippen molar-refractivity contribution in [2.24, 2.45) is 7.05 Å². The van der Waals surface area contributed by atoms with Gasteiger partial charge in [-0.2, -0.15) is 4.31 Å². The number of benzene rings is 2. The normalized spacial score (nSPS) is 16.2. The Bertz CT molecular complexity index is 1220. The molecule has 1 amide bonds. The van der Waals surface area contributed by atoms with Crippen LogP contribution in [0.2, 0.25) is 0 Å². The van der Waals surface area contributed by atoms with E-state index in [9.17, 15) is 17.6 Å². The van der Waals surface area contributed by atoms with Gasteiger partial charge >= 0.3 is 0 Å². The van der Waals surface area contributed by atoms with Crippen LogP contribution in [0.3, 0.4) is 0 Å². The summed E-state index contributed by atoms with van der Waals surface area (Å²) in [5.74, 6) is -0.251. The molecule has 0 spiro atoms. The predicted octanol–water partition coefficient (Wildman–Crippen LogP) is 3.64. The molecule has 0 saturated carbocycles. The highest BCUT2D eigenvalue weighted by Gasteiger charge is 2.27. The molecule has 9 heteroatoms. The number of sulfonamides is 1. The molecular formula is C24H27FN4O3S. The van der Waals surface area contributed by atoms with Crippen molar-refractivity contribution in [3.63, 3.8) is 0 Å². The highest BCUT2D eigenvalue weighted by atomic mass is 32.2. The van der Waals surface area contributed by atoms with E-state index in [2.05, 4.69) is 10.3 Å². The third kappa shape index (κ3) is 5.15. The summed E-state index contributed by atoms with van der Waals surface area (Å²) in [7, 11) is -1.88. The van der Waals surface area contributed by atoms with Crippen molar-refractivity contribution < 1.29 is 17.6 Å². The molecular weight excluding hydrogens is 443 g/mol. The Labute approximate surface area is 193 Å². The molecule has 4 rings (SSSR count). The molecule has 0 radical (unpaired) electrons. The molecule has 7 nitrogen and oxygen atoms in total. The van der Waals surface area contributed by atoms with Crippen LogP contribution in [0, 0.1) is 5.82 Å². The lowest BCUT2D eigenvalue weighted by atomic mass is 10.1. The quantitative estimate of drug-likeness (QED) is 0.596. The summed E-state index contributed by atoms with van der Waals surface area (Å²) < 4.78 is 43.1. The number of aromatic nitrogens is 2. The number of imidazole rings is 1. The lowest BCUT2D eigenvalue weighted by Crippen LogP contribution is -2.33. The molecule has 1 aliphatic rings. The first kappa shape index (κ1) is 23.1. The first-order chi connectivity index (χ1) is 15.9. The fraction of sp³-hybridized carbons (Fsp3) is 0.333. The maximum Gasteiger partial charge on any atom is 0.252 e. The number of aryl methyl sites for hydroxylation is 1. The number of rotatable bonds is 6. The molecule has 1 aromatic heterocycles. The first-order valence-corrected chi connectivity index (χ1v) is 12.4. The topological polar surface area (TPSA) is 84.3 Å². The van der Waals surface area contributed by atoms with Gasteiger partial charge in [-0.05, 0) is 48.7 Å². The molecule has 1 N–H and O–H groups in total. The van der Waals surface area contributed by atoms with Gasteiger partial charge < -0.3 is 9.88 Å². The lowest BCUT2D eigenvalue weighted by molar-refractivity contribution is 0.0941. The highest BCUT2D eigenvalue weighted by molar-refractivity contribution is 7.89. The van der Waals surface area contributed by atoms with E-state index >= 15 is 0 Å². The Morgan fingerprint density at radius 1 is 1.06 bits per heavy atom. The number of amides is 1. The van der Waals surface area contributed by atoms with E-state index in [1.807, 2.05) is 0 Å². The number of nitrogens with zero attached hydrogens (tertiary/aromatic N) is 3. The second-order valence-corrected chi connectivity index (χ2v) is 10.1. The van der Waals surface area contributed by atoms with Gasteiger partial charge in [-0.1, -0.05) is 31.0 Å². The molecule has 1 saturated heterocycles. The maximum absolute atomic E-state index is 13.5. The molecule has 2 aromatic carbocycles. The fourth-order valence-electron chi connectivity index (χ4n) is 4.05. The van der Waals surface area contributed by atoms with Gasteiger partial charge in [0.05, 0.1) is 4.90 Å². The number of carbonyl (C=O) groups is 1. The van der Waals surface area contributed by atoms with Gasteiger partial charge in [0.1, 0.15) is 17.7 Å². The lowest BCUT2D eigenvalue weighted by Gasteiger charge is -2.21. The van der Waals surface area contributed by atoms with E-state index in [4.69, 9.17) is 0 Å². The van der Waals surface area contributed by atoms with Gasteiger partial charge in [-0.25, -0.2) is 17.8 Å². The standard InChI is InChI=1S/C24H27FN4O3S/c1-28-16-13-26-23(28)22(18-9-11-20(25)12-10-18)27-24(30)19-7-6-8-21(17-19)33(31,32)29-14-4-2-3-5-15-29/h6-13,16-17,22H,2-5,14-15H2,1H3,(H,27,30). The summed E-state index contributed by atoms with van der Waals surface area (Å²) >= 11 is 0. The first-order valence-electron chi connectivity index (χ1n) is 11.0. The number of hydrogen-bond donors (Lipinski definition) is 1. The number of nitrogens with one attached hydrogen (secondary N) is 1. The molecule has 1 atom stereocenters. The molecule has 3 aromatic rings. The summed E-state index contributed by atoms with van der Waals surface area (Å²) in [5, 5.41) is 2.93. The number of hydrogen-bond acceptors (Lipinski definition) is 4. The van der Waals surface area contributed by atoms with E-state index in [1.54, 1.807) is 48.3 Å². The van der Waals surface area contributed by atoms with Crippen LogP contribution in [0.5, 0.6) is 0 Å². The van der Waals surface area contributed by atoms with Crippen molar-refractivity contribution in [2.75, 3.05) is 13.1 Å². The Hall–Kier alpha value is -3.04. The van der Waals surface area contributed by atoms with E-state index in [-0.39, 0.29) is 16.3 Å². The van der Waals surface area contributed by atoms with E-state index in [0.717, 1.165) is 25.7 Å². The predicted molar refractivity (Wildman–Crippen MR) is 123 cm³/mol.